The van der Waals surface area contributed by atoms with E-state index in [1.807, 2.05) is 6.92 Å². The molecule has 1 unspecified atom stereocenters. The van der Waals surface area contributed by atoms with E-state index >= 15 is 0 Å². The van der Waals surface area contributed by atoms with Crippen molar-refractivity contribution in [1.29, 1.82) is 0 Å². The van der Waals surface area contributed by atoms with Crippen molar-refractivity contribution >= 4 is 46.0 Å². The molecule has 0 aromatic carbocycles. The first-order valence-corrected chi connectivity index (χ1v) is 12.5. The van der Waals surface area contributed by atoms with Crippen molar-refractivity contribution in [3.63, 3.8) is 0 Å². The van der Waals surface area contributed by atoms with E-state index < -0.39 is 0 Å². The summed E-state index contributed by atoms with van der Waals surface area (Å²) in [6.07, 6.45) is 2.51. The van der Waals surface area contributed by atoms with E-state index in [0.29, 0.717) is 64.8 Å². The Morgan fingerprint density at radius 1 is 0.964 bits per heavy atom. The minimum Gasteiger partial charge on any atom is -0.379 e. The molecule has 10 heteroatoms. The number of ether oxygens (including phenoxy) is 3. The highest BCUT2D eigenvalue weighted by molar-refractivity contribution is 8.76. The van der Waals surface area contributed by atoms with Crippen molar-refractivity contribution in [3.05, 3.63) is 12.7 Å². The van der Waals surface area contributed by atoms with Gasteiger partial charge in [0.15, 0.2) is 0 Å². The molecule has 0 spiro atoms. The Hall–Kier alpha value is -0.390. The molecule has 7 nitrogen and oxygen atoms in total. The zero-order chi connectivity index (χ0) is 20.9. The largest absolute Gasteiger partial charge is 0.379 e. The molecule has 0 aliphatic rings. The van der Waals surface area contributed by atoms with Crippen LogP contribution in [0.4, 0.5) is 0 Å². The van der Waals surface area contributed by atoms with E-state index in [1.165, 1.54) is 0 Å². The topological polar surface area (TPSA) is 85.9 Å². The summed E-state index contributed by atoms with van der Waals surface area (Å²) in [6.45, 7) is 9.17. The third-order valence-electron chi connectivity index (χ3n) is 3.20. The lowest BCUT2D eigenvalue weighted by atomic mass is 10.3. The summed E-state index contributed by atoms with van der Waals surface area (Å²) in [7, 11) is 3.28. The molecule has 28 heavy (non-hydrogen) atoms. The third-order valence-corrected chi connectivity index (χ3v) is 5.79. The van der Waals surface area contributed by atoms with E-state index in [9.17, 15) is 9.59 Å². The van der Waals surface area contributed by atoms with Gasteiger partial charge in [-0.25, -0.2) is 0 Å². The molecular formula is C18H34N2O5S3. The number of carbonyl (C=O) groups is 2. The Labute approximate surface area is 182 Å². The second kappa shape index (κ2) is 21.3. The minimum absolute atomic E-state index is 0.000440. The van der Waals surface area contributed by atoms with E-state index in [2.05, 4.69) is 29.8 Å². The molecule has 0 saturated carbocycles. The second-order valence-corrected chi connectivity index (χ2v) is 8.80. The summed E-state index contributed by atoms with van der Waals surface area (Å²) in [5, 5.41) is 5.68. The van der Waals surface area contributed by atoms with Gasteiger partial charge in [0.25, 0.3) is 0 Å². The summed E-state index contributed by atoms with van der Waals surface area (Å²) in [6, 6.07) is -0.000440. The SMILES string of the molecule is C=CC(C)NC(=O)CCSSCCNC(=O)CCOCCOCCOCCS. The van der Waals surface area contributed by atoms with Crippen LogP contribution in [0.3, 0.4) is 0 Å². The van der Waals surface area contributed by atoms with Gasteiger partial charge in [0.05, 0.1) is 39.6 Å². The van der Waals surface area contributed by atoms with Gasteiger partial charge >= 0.3 is 0 Å². The summed E-state index contributed by atoms with van der Waals surface area (Å²) in [4.78, 5) is 23.2. The Morgan fingerprint density at radius 3 is 2.21 bits per heavy atom. The maximum atomic E-state index is 11.7. The lowest BCUT2D eigenvalue weighted by Gasteiger charge is -2.09. The van der Waals surface area contributed by atoms with Crippen LogP contribution in [0.25, 0.3) is 0 Å². The number of thiol groups is 1. The molecular weight excluding hydrogens is 420 g/mol. The van der Waals surface area contributed by atoms with E-state index in [4.69, 9.17) is 14.2 Å². The number of nitrogens with one attached hydrogen (secondary N) is 2. The van der Waals surface area contributed by atoms with Crippen molar-refractivity contribution < 1.29 is 23.8 Å². The molecule has 0 bridgehead atoms. The van der Waals surface area contributed by atoms with Crippen molar-refractivity contribution in [2.75, 3.05) is 63.4 Å². The second-order valence-electron chi connectivity index (χ2n) is 5.65. The maximum Gasteiger partial charge on any atom is 0.222 e. The standard InChI is InChI=1S/C18H34N2O5S3/c1-3-16(2)20-18(22)5-14-27-28-15-6-19-17(21)4-7-23-8-9-24-10-11-25-12-13-26/h3,16,26H,1,4-15H2,2H3,(H,19,21)(H,20,22). The number of hydrogen-bond donors (Lipinski definition) is 3. The van der Waals surface area contributed by atoms with Gasteiger partial charge in [-0.3, -0.25) is 9.59 Å². The molecule has 0 aliphatic carbocycles. The molecule has 0 heterocycles. The molecule has 0 aliphatic heterocycles. The summed E-state index contributed by atoms with van der Waals surface area (Å²) in [5.41, 5.74) is 0. The van der Waals surface area contributed by atoms with Crippen LogP contribution in [-0.2, 0) is 23.8 Å². The molecule has 2 N–H and O–H groups in total. The molecule has 0 aromatic heterocycles. The van der Waals surface area contributed by atoms with Gasteiger partial charge in [-0.1, -0.05) is 27.7 Å². The number of hydrogen-bond acceptors (Lipinski definition) is 8. The first kappa shape index (κ1) is 27.6. The molecule has 2 amide bonds. The Balaban J connectivity index is 3.29. The minimum atomic E-state index is -0.0236. The van der Waals surface area contributed by atoms with Crippen LogP contribution in [0, 0.1) is 0 Å². The van der Waals surface area contributed by atoms with E-state index in [1.54, 1.807) is 27.7 Å². The van der Waals surface area contributed by atoms with Crippen LogP contribution < -0.4 is 10.6 Å². The number of amides is 2. The lowest BCUT2D eigenvalue weighted by Crippen LogP contribution is -2.30. The van der Waals surface area contributed by atoms with Crippen LogP contribution in [0.1, 0.15) is 19.8 Å². The van der Waals surface area contributed by atoms with Crippen LogP contribution in [-0.4, -0.2) is 81.3 Å². The molecule has 0 fully saturated rings. The first-order chi connectivity index (χ1) is 13.6. The highest BCUT2D eigenvalue weighted by Crippen LogP contribution is 2.20. The lowest BCUT2D eigenvalue weighted by molar-refractivity contribution is -0.122. The van der Waals surface area contributed by atoms with Gasteiger partial charge in [-0.2, -0.15) is 12.6 Å². The van der Waals surface area contributed by atoms with Gasteiger partial charge in [0, 0.05) is 42.7 Å². The van der Waals surface area contributed by atoms with Gasteiger partial charge in [0.1, 0.15) is 0 Å². The van der Waals surface area contributed by atoms with Crippen LogP contribution in [0.5, 0.6) is 0 Å². The molecule has 164 valence electrons. The predicted octanol–water partition coefficient (Wildman–Crippen LogP) is 1.93. The molecule has 0 aromatic rings. The van der Waals surface area contributed by atoms with Crippen molar-refractivity contribution in [3.8, 4) is 0 Å². The molecule has 0 saturated heterocycles. The van der Waals surface area contributed by atoms with Crippen LogP contribution >= 0.6 is 34.2 Å². The first-order valence-electron chi connectivity index (χ1n) is 9.37. The van der Waals surface area contributed by atoms with E-state index in [-0.39, 0.29) is 17.9 Å². The third kappa shape index (κ3) is 20.3. The molecule has 0 radical (unpaired) electrons. The van der Waals surface area contributed by atoms with Gasteiger partial charge in [-0.15, -0.1) is 6.58 Å². The van der Waals surface area contributed by atoms with Gasteiger partial charge in [-0.05, 0) is 6.92 Å². The summed E-state index contributed by atoms with van der Waals surface area (Å²) < 4.78 is 15.9. The predicted molar refractivity (Wildman–Crippen MR) is 121 cm³/mol. The Kier molecular flexibility index (Phi) is 21.0. The maximum absolute atomic E-state index is 11.7. The summed E-state index contributed by atoms with van der Waals surface area (Å²) >= 11 is 4.04. The highest BCUT2D eigenvalue weighted by atomic mass is 33.1. The van der Waals surface area contributed by atoms with E-state index in [0.717, 1.165) is 11.5 Å². The number of rotatable bonds is 20. The highest BCUT2D eigenvalue weighted by Gasteiger charge is 2.04. The average molecular weight is 455 g/mol. The van der Waals surface area contributed by atoms with Crippen molar-refractivity contribution in [2.45, 2.75) is 25.8 Å². The zero-order valence-corrected chi connectivity index (χ0v) is 19.2. The fourth-order valence-corrected chi connectivity index (χ4v) is 3.76. The van der Waals surface area contributed by atoms with Gasteiger partial charge in [0.2, 0.25) is 11.8 Å². The fourth-order valence-electron chi connectivity index (χ4n) is 1.73. The molecule has 1 atom stereocenters. The fraction of sp³-hybridized carbons (Fsp3) is 0.778. The zero-order valence-electron chi connectivity index (χ0n) is 16.7. The Morgan fingerprint density at radius 2 is 1.57 bits per heavy atom. The van der Waals surface area contributed by atoms with Crippen molar-refractivity contribution in [1.82, 2.24) is 10.6 Å². The smallest absolute Gasteiger partial charge is 0.222 e. The van der Waals surface area contributed by atoms with Crippen LogP contribution in [0.15, 0.2) is 12.7 Å². The monoisotopic (exact) mass is 454 g/mol. The van der Waals surface area contributed by atoms with Crippen molar-refractivity contribution in [2.24, 2.45) is 0 Å². The quantitative estimate of drug-likeness (QED) is 0.112. The number of carbonyl (C=O) groups excluding carboxylic acids is 2. The Bertz CT molecular complexity index is 417. The molecule has 0 rings (SSSR count). The summed E-state index contributed by atoms with van der Waals surface area (Å²) in [5.74, 6) is 2.25. The average Bonchev–Trinajstić information content (AvgIpc) is 2.68. The van der Waals surface area contributed by atoms with Crippen LogP contribution in [0.2, 0.25) is 0 Å². The van der Waals surface area contributed by atoms with Gasteiger partial charge < -0.3 is 24.8 Å². The normalized spacial score (nSPS) is 11.8.